The van der Waals surface area contributed by atoms with Gasteiger partial charge in [0.25, 0.3) is 0 Å². The van der Waals surface area contributed by atoms with Crippen molar-refractivity contribution in [1.82, 2.24) is 15.0 Å². The highest BCUT2D eigenvalue weighted by molar-refractivity contribution is 4.89. The van der Waals surface area contributed by atoms with Crippen molar-refractivity contribution in [2.45, 2.75) is 58.5 Å². The van der Waals surface area contributed by atoms with Gasteiger partial charge in [-0.3, -0.25) is 4.90 Å². The van der Waals surface area contributed by atoms with E-state index in [4.69, 9.17) is 4.52 Å². The molecule has 0 saturated heterocycles. The number of hydrogen-bond acceptors (Lipinski definition) is 5. The van der Waals surface area contributed by atoms with Crippen LogP contribution in [0.1, 0.15) is 51.2 Å². The Morgan fingerprint density at radius 2 is 2.11 bits per heavy atom. The lowest BCUT2D eigenvalue weighted by atomic mass is 10.1. The second kappa shape index (κ2) is 7.01. The monoisotopic (exact) mass is 267 g/mol. The Morgan fingerprint density at radius 1 is 1.37 bits per heavy atom. The molecule has 0 aliphatic heterocycles. The van der Waals surface area contributed by atoms with Gasteiger partial charge >= 0.3 is 0 Å². The Kier molecular flexibility index (Phi) is 5.34. The molecule has 1 aliphatic carbocycles. The van der Waals surface area contributed by atoms with Gasteiger partial charge in [-0.25, -0.2) is 0 Å². The van der Waals surface area contributed by atoms with Gasteiger partial charge in [-0.15, -0.1) is 0 Å². The first-order valence-corrected chi connectivity index (χ1v) is 7.35. The molecule has 2 rings (SSSR count). The van der Waals surface area contributed by atoms with Crippen molar-refractivity contribution in [3.8, 4) is 0 Å². The Hall–Kier alpha value is -0.940. The lowest BCUT2D eigenvalue weighted by molar-refractivity contribution is 0.130. The van der Waals surface area contributed by atoms with Gasteiger partial charge in [0.15, 0.2) is 5.82 Å². The Labute approximate surface area is 115 Å². The largest absolute Gasteiger partial charge is 0.395 e. The molecule has 5 heteroatoms. The number of hydrogen-bond donors (Lipinski definition) is 1. The van der Waals surface area contributed by atoms with E-state index in [0.29, 0.717) is 30.9 Å². The third-order valence-electron chi connectivity index (χ3n) is 3.67. The zero-order valence-electron chi connectivity index (χ0n) is 12.0. The minimum absolute atomic E-state index is 0.184. The third-order valence-corrected chi connectivity index (χ3v) is 3.67. The molecule has 0 atom stereocenters. The molecule has 1 N–H and O–H groups in total. The van der Waals surface area contributed by atoms with Crippen LogP contribution in [-0.2, 0) is 13.0 Å². The lowest BCUT2D eigenvalue weighted by Crippen LogP contribution is -2.35. The summed E-state index contributed by atoms with van der Waals surface area (Å²) in [6.45, 7) is 5.83. The van der Waals surface area contributed by atoms with Gasteiger partial charge in [0.2, 0.25) is 5.89 Å². The van der Waals surface area contributed by atoms with E-state index < -0.39 is 0 Å². The highest BCUT2D eigenvalue weighted by Gasteiger charge is 2.24. The Bertz CT molecular complexity index is 373. The summed E-state index contributed by atoms with van der Waals surface area (Å²) in [7, 11) is 0. The molecule has 0 bridgehead atoms. The minimum Gasteiger partial charge on any atom is -0.395 e. The number of nitrogens with zero attached hydrogens (tertiary/aromatic N) is 3. The molecule has 1 aromatic heterocycles. The van der Waals surface area contributed by atoms with Gasteiger partial charge in [0.1, 0.15) is 0 Å². The molecule has 0 aromatic carbocycles. The van der Waals surface area contributed by atoms with Crippen molar-refractivity contribution >= 4 is 0 Å². The van der Waals surface area contributed by atoms with E-state index in [1.54, 1.807) is 0 Å². The summed E-state index contributed by atoms with van der Waals surface area (Å²) in [6.07, 6.45) is 5.86. The van der Waals surface area contributed by atoms with E-state index in [1.165, 1.54) is 25.7 Å². The highest BCUT2D eigenvalue weighted by Crippen LogP contribution is 2.24. The first-order chi connectivity index (χ1) is 9.19. The minimum atomic E-state index is 0.184. The summed E-state index contributed by atoms with van der Waals surface area (Å²) in [5.41, 5.74) is 0. The van der Waals surface area contributed by atoms with Crippen LogP contribution >= 0.6 is 0 Å². The zero-order valence-corrected chi connectivity index (χ0v) is 12.0. The predicted molar refractivity (Wildman–Crippen MR) is 72.6 cm³/mol. The van der Waals surface area contributed by atoms with Crippen molar-refractivity contribution < 1.29 is 9.63 Å². The van der Waals surface area contributed by atoms with Gasteiger partial charge in [-0.1, -0.05) is 31.8 Å². The summed E-state index contributed by atoms with van der Waals surface area (Å²) >= 11 is 0. The van der Waals surface area contributed by atoms with Crippen LogP contribution in [0.4, 0.5) is 0 Å². The lowest BCUT2D eigenvalue weighted by Gasteiger charge is -2.26. The molecule has 1 saturated carbocycles. The van der Waals surface area contributed by atoms with Gasteiger partial charge in [-0.2, -0.15) is 4.98 Å². The summed E-state index contributed by atoms with van der Waals surface area (Å²) < 4.78 is 5.32. The Balaban J connectivity index is 1.94. The van der Waals surface area contributed by atoms with Crippen LogP contribution in [0.25, 0.3) is 0 Å². The van der Waals surface area contributed by atoms with Crippen LogP contribution in [0, 0.1) is 5.92 Å². The molecule has 0 radical (unpaired) electrons. The van der Waals surface area contributed by atoms with E-state index in [-0.39, 0.29) is 6.61 Å². The zero-order chi connectivity index (χ0) is 13.7. The van der Waals surface area contributed by atoms with Crippen LogP contribution < -0.4 is 0 Å². The fraction of sp³-hybridized carbons (Fsp3) is 0.857. The number of aliphatic hydroxyl groups excluding tert-OH is 1. The number of aromatic nitrogens is 2. The second-order valence-corrected chi connectivity index (χ2v) is 5.83. The molecular weight excluding hydrogens is 242 g/mol. The Morgan fingerprint density at radius 3 is 2.74 bits per heavy atom. The summed E-state index contributed by atoms with van der Waals surface area (Å²) in [4.78, 5) is 6.72. The molecule has 0 spiro atoms. The smallest absolute Gasteiger partial charge is 0.240 e. The molecule has 108 valence electrons. The quantitative estimate of drug-likeness (QED) is 0.818. The molecule has 0 amide bonds. The van der Waals surface area contributed by atoms with Crippen LogP contribution in [0.2, 0.25) is 0 Å². The van der Waals surface area contributed by atoms with Gasteiger partial charge in [0, 0.05) is 19.0 Å². The van der Waals surface area contributed by atoms with E-state index >= 15 is 0 Å². The van der Waals surface area contributed by atoms with E-state index in [1.807, 2.05) is 0 Å². The standard InChI is InChI=1S/C14H25N3O2/c1-11(2)9-13-15-14(19-16-13)10-17(7-8-18)12-5-3-4-6-12/h11-12,18H,3-10H2,1-2H3. The molecule has 1 fully saturated rings. The highest BCUT2D eigenvalue weighted by atomic mass is 16.5. The molecule has 1 aromatic rings. The summed E-state index contributed by atoms with van der Waals surface area (Å²) in [5.74, 6) is 2.00. The fourth-order valence-electron chi connectivity index (χ4n) is 2.76. The van der Waals surface area contributed by atoms with E-state index in [2.05, 4.69) is 28.9 Å². The van der Waals surface area contributed by atoms with E-state index in [0.717, 1.165) is 12.2 Å². The average Bonchev–Trinajstić information content (AvgIpc) is 2.99. The van der Waals surface area contributed by atoms with E-state index in [9.17, 15) is 5.11 Å². The fourth-order valence-corrected chi connectivity index (χ4v) is 2.76. The normalized spacial score (nSPS) is 16.9. The predicted octanol–water partition coefficient (Wildman–Crippen LogP) is 2.00. The summed E-state index contributed by atoms with van der Waals surface area (Å²) in [6, 6.07) is 0.563. The van der Waals surface area contributed by atoms with Gasteiger partial charge < -0.3 is 9.63 Å². The van der Waals surface area contributed by atoms with Crippen LogP contribution in [0.15, 0.2) is 4.52 Å². The van der Waals surface area contributed by atoms with Gasteiger partial charge in [0.05, 0.1) is 13.2 Å². The second-order valence-electron chi connectivity index (χ2n) is 5.83. The van der Waals surface area contributed by atoms with Crippen molar-refractivity contribution in [2.75, 3.05) is 13.2 Å². The molecule has 19 heavy (non-hydrogen) atoms. The topological polar surface area (TPSA) is 62.4 Å². The maximum atomic E-state index is 9.19. The third kappa shape index (κ3) is 4.28. The van der Waals surface area contributed by atoms with Crippen molar-refractivity contribution in [3.05, 3.63) is 11.7 Å². The number of rotatable bonds is 7. The molecule has 5 nitrogen and oxygen atoms in total. The van der Waals surface area contributed by atoms with Crippen molar-refractivity contribution in [1.29, 1.82) is 0 Å². The first kappa shape index (κ1) is 14.5. The van der Waals surface area contributed by atoms with Gasteiger partial charge in [-0.05, 0) is 18.8 Å². The maximum absolute atomic E-state index is 9.19. The van der Waals surface area contributed by atoms with Crippen molar-refractivity contribution in [3.63, 3.8) is 0 Å². The van der Waals surface area contributed by atoms with Crippen LogP contribution in [-0.4, -0.2) is 39.3 Å². The molecular formula is C14H25N3O2. The SMILES string of the molecule is CC(C)Cc1noc(CN(CCO)C2CCCC2)n1. The molecule has 1 aliphatic rings. The average molecular weight is 267 g/mol. The molecule has 1 heterocycles. The summed E-state index contributed by atoms with van der Waals surface area (Å²) in [5, 5.41) is 13.2. The number of aliphatic hydroxyl groups is 1. The van der Waals surface area contributed by atoms with Crippen molar-refractivity contribution in [2.24, 2.45) is 5.92 Å². The first-order valence-electron chi connectivity index (χ1n) is 7.35. The molecule has 0 unspecified atom stereocenters. The van der Waals surface area contributed by atoms with Crippen LogP contribution in [0.3, 0.4) is 0 Å². The maximum Gasteiger partial charge on any atom is 0.240 e. The van der Waals surface area contributed by atoms with Crippen LogP contribution in [0.5, 0.6) is 0 Å².